The van der Waals surface area contributed by atoms with E-state index in [1.54, 1.807) is 18.2 Å². The van der Waals surface area contributed by atoms with Gasteiger partial charge in [0.25, 0.3) is 5.91 Å². The number of aromatic hydroxyl groups is 1. The van der Waals surface area contributed by atoms with Crippen molar-refractivity contribution in [1.82, 2.24) is 5.32 Å². The molecule has 1 rings (SSSR count). The van der Waals surface area contributed by atoms with Crippen LogP contribution in [-0.2, 0) is 0 Å². The molecule has 3 nitrogen and oxygen atoms in total. The fourth-order valence-electron chi connectivity index (χ4n) is 1.06. The Hall–Kier alpha value is -1.51. The van der Waals surface area contributed by atoms with E-state index in [9.17, 15) is 9.90 Å². The highest BCUT2D eigenvalue weighted by atomic mass is 16.3. The number of carbonyl (C=O) groups is 1. The number of phenols is 1. The summed E-state index contributed by atoms with van der Waals surface area (Å²) in [4.78, 5) is 11.5. The van der Waals surface area contributed by atoms with Crippen molar-refractivity contribution in [1.29, 1.82) is 0 Å². The van der Waals surface area contributed by atoms with Gasteiger partial charge in [0.2, 0.25) is 0 Å². The molecule has 0 aliphatic carbocycles. The quantitative estimate of drug-likeness (QED) is 0.768. The summed E-state index contributed by atoms with van der Waals surface area (Å²) in [5.74, 6) is 0.204. The first-order valence-electron chi connectivity index (χ1n) is 4.67. The van der Waals surface area contributed by atoms with Crippen molar-refractivity contribution in [3.63, 3.8) is 0 Å². The molecule has 0 bridgehead atoms. The van der Waals surface area contributed by atoms with E-state index in [0.29, 0.717) is 18.0 Å². The number of nitrogens with one attached hydrogen (secondary N) is 1. The Morgan fingerprint density at radius 2 is 2.07 bits per heavy atom. The van der Waals surface area contributed by atoms with Gasteiger partial charge in [-0.15, -0.1) is 0 Å². The minimum Gasteiger partial charge on any atom is -0.507 e. The summed E-state index contributed by atoms with van der Waals surface area (Å²) in [6.07, 6.45) is 0. The Bertz CT molecular complexity index is 321. The van der Waals surface area contributed by atoms with E-state index in [1.165, 1.54) is 6.07 Å². The molecule has 0 aromatic heterocycles. The molecular weight excluding hydrogens is 178 g/mol. The molecule has 0 heterocycles. The average molecular weight is 193 g/mol. The summed E-state index contributed by atoms with van der Waals surface area (Å²) >= 11 is 0. The molecule has 76 valence electrons. The first-order valence-corrected chi connectivity index (χ1v) is 4.67. The first-order chi connectivity index (χ1) is 6.61. The van der Waals surface area contributed by atoms with Crippen molar-refractivity contribution in [3.8, 4) is 5.75 Å². The van der Waals surface area contributed by atoms with Crippen molar-refractivity contribution in [3.05, 3.63) is 29.8 Å². The molecule has 0 aliphatic rings. The Labute approximate surface area is 83.8 Å². The molecule has 0 spiro atoms. The molecule has 0 fully saturated rings. The van der Waals surface area contributed by atoms with Crippen LogP contribution in [0.5, 0.6) is 5.75 Å². The number of amides is 1. The molecule has 1 amide bonds. The van der Waals surface area contributed by atoms with Gasteiger partial charge in [0, 0.05) is 6.54 Å². The van der Waals surface area contributed by atoms with E-state index in [2.05, 4.69) is 5.32 Å². The first kappa shape index (κ1) is 10.6. The number of hydrogen-bond donors (Lipinski definition) is 2. The van der Waals surface area contributed by atoms with Crippen LogP contribution >= 0.6 is 0 Å². The van der Waals surface area contributed by atoms with Crippen LogP contribution in [0, 0.1) is 5.92 Å². The molecule has 0 saturated heterocycles. The van der Waals surface area contributed by atoms with Crippen LogP contribution in [0.4, 0.5) is 0 Å². The van der Waals surface area contributed by atoms with Gasteiger partial charge >= 0.3 is 0 Å². The summed E-state index contributed by atoms with van der Waals surface area (Å²) in [7, 11) is 0. The van der Waals surface area contributed by atoms with Crippen LogP contribution in [-0.4, -0.2) is 17.6 Å². The second-order valence-corrected chi connectivity index (χ2v) is 3.62. The number of para-hydroxylation sites is 1. The van der Waals surface area contributed by atoms with Gasteiger partial charge < -0.3 is 10.4 Å². The van der Waals surface area contributed by atoms with Crippen LogP contribution in [0.25, 0.3) is 0 Å². The third kappa shape index (κ3) is 2.76. The number of carbonyl (C=O) groups excluding carboxylic acids is 1. The lowest BCUT2D eigenvalue weighted by Gasteiger charge is -2.08. The molecule has 0 unspecified atom stereocenters. The molecule has 0 atom stereocenters. The van der Waals surface area contributed by atoms with E-state index in [-0.39, 0.29) is 11.7 Å². The smallest absolute Gasteiger partial charge is 0.255 e. The summed E-state index contributed by atoms with van der Waals surface area (Å²) in [6.45, 7) is 4.66. The third-order valence-corrected chi connectivity index (χ3v) is 1.82. The van der Waals surface area contributed by atoms with Gasteiger partial charge in [0.15, 0.2) is 0 Å². The molecule has 0 radical (unpaired) electrons. The van der Waals surface area contributed by atoms with Gasteiger partial charge in [-0.1, -0.05) is 26.0 Å². The maximum Gasteiger partial charge on any atom is 0.255 e. The fraction of sp³-hybridized carbons (Fsp3) is 0.364. The minimum absolute atomic E-state index is 0.0220. The lowest BCUT2D eigenvalue weighted by molar-refractivity contribution is 0.0946. The third-order valence-electron chi connectivity index (χ3n) is 1.82. The highest BCUT2D eigenvalue weighted by Crippen LogP contribution is 2.14. The number of phenolic OH excluding ortho intramolecular Hbond substituents is 1. The molecule has 1 aromatic rings. The summed E-state index contributed by atoms with van der Waals surface area (Å²) in [6, 6.07) is 6.52. The van der Waals surface area contributed by atoms with Gasteiger partial charge in [-0.2, -0.15) is 0 Å². The van der Waals surface area contributed by atoms with Crippen molar-refractivity contribution in [2.75, 3.05) is 6.54 Å². The lowest BCUT2D eigenvalue weighted by atomic mass is 10.1. The molecule has 3 heteroatoms. The maximum absolute atomic E-state index is 11.5. The second kappa shape index (κ2) is 4.65. The predicted molar refractivity (Wildman–Crippen MR) is 55.3 cm³/mol. The normalized spacial score (nSPS) is 10.2. The molecule has 0 aliphatic heterocycles. The van der Waals surface area contributed by atoms with Crippen molar-refractivity contribution in [2.45, 2.75) is 13.8 Å². The predicted octanol–water partition coefficient (Wildman–Crippen LogP) is 1.78. The molecule has 0 saturated carbocycles. The standard InChI is InChI=1S/C11H15NO2/c1-8(2)7-12-11(14)9-5-3-4-6-10(9)13/h3-6,8,13H,7H2,1-2H3,(H,12,14). The fourth-order valence-corrected chi connectivity index (χ4v) is 1.06. The van der Waals surface area contributed by atoms with Gasteiger partial charge in [-0.05, 0) is 18.1 Å². The number of benzene rings is 1. The minimum atomic E-state index is -0.225. The number of rotatable bonds is 3. The van der Waals surface area contributed by atoms with E-state index in [1.807, 2.05) is 13.8 Å². The Kier molecular flexibility index (Phi) is 3.51. The highest BCUT2D eigenvalue weighted by Gasteiger charge is 2.09. The van der Waals surface area contributed by atoms with E-state index < -0.39 is 0 Å². The van der Waals surface area contributed by atoms with Crippen molar-refractivity contribution in [2.24, 2.45) is 5.92 Å². The van der Waals surface area contributed by atoms with Gasteiger partial charge in [-0.25, -0.2) is 0 Å². The zero-order chi connectivity index (χ0) is 10.6. The summed E-state index contributed by atoms with van der Waals surface area (Å²) < 4.78 is 0. The zero-order valence-electron chi connectivity index (χ0n) is 8.45. The highest BCUT2D eigenvalue weighted by molar-refractivity contribution is 5.96. The van der Waals surface area contributed by atoms with Gasteiger partial charge in [-0.3, -0.25) is 4.79 Å². The molecule has 2 N–H and O–H groups in total. The van der Waals surface area contributed by atoms with Gasteiger partial charge in [0.05, 0.1) is 5.56 Å². The van der Waals surface area contributed by atoms with Crippen LogP contribution in [0.1, 0.15) is 24.2 Å². The van der Waals surface area contributed by atoms with E-state index in [4.69, 9.17) is 0 Å². The van der Waals surface area contributed by atoms with E-state index >= 15 is 0 Å². The lowest BCUT2D eigenvalue weighted by Crippen LogP contribution is -2.27. The molecule has 1 aromatic carbocycles. The summed E-state index contributed by atoms with van der Waals surface area (Å²) in [5, 5.41) is 12.1. The Morgan fingerprint density at radius 1 is 1.43 bits per heavy atom. The van der Waals surface area contributed by atoms with Crippen molar-refractivity contribution >= 4 is 5.91 Å². The van der Waals surface area contributed by atoms with Gasteiger partial charge in [0.1, 0.15) is 5.75 Å². The summed E-state index contributed by atoms with van der Waals surface area (Å²) in [5.41, 5.74) is 0.327. The topological polar surface area (TPSA) is 49.3 Å². The SMILES string of the molecule is CC(C)CNC(=O)c1ccccc1O. The van der Waals surface area contributed by atoms with Crippen LogP contribution in [0.2, 0.25) is 0 Å². The Morgan fingerprint density at radius 3 is 2.64 bits per heavy atom. The van der Waals surface area contributed by atoms with Crippen molar-refractivity contribution < 1.29 is 9.90 Å². The second-order valence-electron chi connectivity index (χ2n) is 3.62. The molecule has 14 heavy (non-hydrogen) atoms. The number of hydrogen-bond acceptors (Lipinski definition) is 2. The van der Waals surface area contributed by atoms with Crippen LogP contribution in [0.15, 0.2) is 24.3 Å². The monoisotopic (exact) mass is 193 g/mol. The maximum atomic E-state index is 11.5. The van der Waals surface area contributed by atoms with Crippen LogP contribution < -0.4 is 5.32 Å². The van der Waals surface area contributed by atoms with E-state index in [0.717, 1.165) is 0 Å². The zero-order valence-corrected chi connectivity index (χ0v) is 8.45. The molecular formula is C11H15NO2. The largest absolute Gasteiger partial charge is 0.507 e. The van der Waals surface area contributed by atoms with Crippen LogP contribution in [0.3, 0.4) is 0 Å². The Balaban J connectivity index is 2.65. The average Bonchev–Trinajstić information content (AvgIpc) is 2.15.